The zero-order chi connectivity index (χ0) is 11.3. The van der Waals surface area contributed by atoms with E-state index in [-0.39, 0.29) is 5.75 Å². The minimum atomic E-state index is -3.28. The lowest BCUT2D eigenvalue weighted by Crippen LogP contribution is -2.17. The van der Waals surface area contributed by atoms with Gasteiger partial charge in [0, 0.05) is 17.6 Å². The Morgan fingerprint density at radius 1 is 1.53 bits per heavy atom. The van der Waals surface area contributed by atoms with Gasteiger partial charge in [-0.2, -0.15) is 5.10 Å². The quantitative estimate of drug-likeness (QED) is 0.594. The summed E-state index contributed by atoms with van der Waals surface area (Å²) in [5.74, 6) is 0.890. The van der Waals surface area contributed by atoms with Crippen molar-refractivity contribution in [3.8, 4) is 0 Å². The van der Waals surface area contributed by atoms with Crippen molar-refractivity contribution in [3.63, 3.8) is 0 Å². The first kappa shape index (κ1) is 12.3. The molecule has 0 aliphatic carbocycles. The van der Waals surface area contributed by atoms with E-state index in [1.165, 1.54) is 0 Å². The third-order valence-electron chi connectivity index (χ3n) is 1.76. The lowest BCUT2D eigenvalue weighted by Gasteiger charge is -2.03. The van der Waals surface area contributed by atoms with Crippen LogP contribution in [0.2, 0.25) is 0 Å². The molecule has 86 valence electrons. The first-order valence-corrected chi connectivity index (χ1v) is 6.80. The van der Waals surface area contributed by atoms with Gasteiger partial charge in [-0.15, -0.1) is 11.6 Å². The van der Waals surface area contributed by atoms with Gasteiger partial charge >= 0.3 is 0 Å². The monoisotopic (exact) mass is 251 g/mol. The maximum Gasteiger partial charge on any atom is 0.233 e. The molecule has 0 bridgehead atoms. The van der Waals surface area contributed by atoms with Crippen LogP contribution in [0.25, 0.3) is 0 Å². The van der Waals surface area contributed by atoms with E-state index >= 15 is 0 Å². The van der Waals surface area contributed by atoms with Gasteiger partial charge in [0.05, 0.1) is 5.75 Å². The molecular formula is C8H14ClN3O2S. The van der Waals surface area contributed by atoms with Crippen LogP contribution in [0.4, 0.5) is 5.82 Å². The van der Waals surface area contributed by atoms with Crippen LogP contribution >= 0.6 is 11.6 Å². The molecule has 1 heterocycles. The average Bonchev–Trinajstić information content (AvgIpc) is 2.50. The van der Waals surface area contributed by atoms with E-state index in [1.54, 1.807) is 13.0 Å². The highest BCUT2D eigenvalue weighted by Crippen LogP contribution is 2.07. The van der Waals surface area contributed by atoms with E-state index < -0.39 is 10.0 Å². The first-order chi connectivity index (χ1) is 7.03. The maximum absolute atomic E-state index is 11.5. The highest BCUT2D eigenvalue weighted by Gasteiger charge is 2.11. The lowest BCUT2D eigenvalue weighted by molar-refractivity contribution is 0.598. The molecule has 5 nitrogen and oxygen atoms in total. The van der Waals surface area contributed by atoms with Crippen LogP contribution in [-0.4, -0.2) is 30.2 Å². The number of halogens is 1. The molecule has 0 radical (unpaired) electrons. The summed E-state index contributed by atoms with van der Waals surface area (Å²) < 4.78 is 25.3. The summed E-state index contributed by atoms with van der Waals surface area (Å²) in [4.78, 5) is 0. The number of hydrogen-bond acceptors (Lipinski definition) is 3. The van der Waals surface area contributed by atoms with E-state index in [0.717, 1.165) is 5.69 Å². The number of anilines is 1. The minimum absolute atomic E-state index is 0.0750. The number of H-pyrrole nitrogens is 1. The van der Waals surface area contributed by atoms with Crippen LogP contribution in [-0.2, 0) is 10.0 Å². The highest BCUT2D eigenvalue weighted by molar-refractivity contribution is 7.92. The summed E-state index contributed by atoms with van der Waals surface area (Å²) in [6, 6.07) is 1.64. The predicted octanol–water partition coefficient (Wildman–Crippen LogP) is 1.48. The Kier molecular flexibility index (Phi) is 4.41. The second-order valence-electron chi connectivity index (χ2n) is 3.25. The van der Waals surface area contributed by atoms with Gasteiger partial charge in [0.25, 0.3) is 0 Å². The average molecular weight is 252 g/mol. The molecule has 2 N–H and O–H groups in total. The molecule has 0 aliphatic rings. The summed E-state index contributed by atoms with van der Waals surface area (Å²) in [7, 11) is -3.28. The number of rotatable bonds is 6. The molecule has 15 heavy (non-hydrogen) atoms. The SMILES string of the molecule is Cc1cc(NS(=O)(=O)CCCCCl)n[nH]1. The molecule has 1 rings (SSSR count). The molecule has 0 saturated heterocycles. The Labute approximate surface area is 94.3 Å². The van der Waals surface area contributed by atoms with Gasteiger partial charge in [-0.1, -0.05) is 0 Å². The standard InChI is InChI=1S/C8H14ClN3O2S/c1-7-6-8(11-10-7)12-15(13,14)5-3-2-4-9/h6H,2-5H2,1H3,(H2,10,11,12). The van der Waals surface area contributed by atoms with E-state index in [0.29, 0.717) is 24.5 Å². The van der Waals surface area contributed by atoms with Crippen molar-refractivity contribution in [1.29, 1.82) is 0 Å². The zero-order valence-corrected chi connectivity index (χ0v) is 10.0. The summed E-state index contributed by atoms with van der Waals surface area (Å²) in [5.41, 5.74) is 0.813. The lowest BCUT2D eigenvalue weighted by atomic mass is 10.4. The molecule has 0 amide bonds. The van der Waals surface area contributed by atoms with Gasteiger partial charge in [-0.25, -0.2) is 8.42 Å². The number of aromatic amines is 1. The summed E-state index contributed by atoms with van der Waals surface area (Å²) in [5, 5.41) is 6.45. The fourth-order valence-electron chi connectivity index (χ4n) is 1.07. The van der Waals surface area contributed by atoms with Crippen molar-refractivity contribution in [2.45, 2.75) is 19.8 Å². The van der Waals surface area contributed by atoms with Gasteiger partial charge in [0.1, 0.15) is 0 Å². The zero-order valence-electron chi connectivity index (χ0n) is 8.46. The van der Waals surface area contributed by atoms with E-state index in [9.17, 15) is 8.42 Å². The number of alkyl halides is 1. The molecule has 0 atom stereocenters. The molecule has 1 aromatic heterocycles. The van der Waals surface area contributed by atoms with Gasteiger partial charge in [0.2, 0.25) is 10.0 Å². The van der Waals surface area contributed by atoms with Crippen molar-refractivity contribution in [3.05, 3.63) is 11.8 Å². The number of unbranched alkanes of at least 4 members (excludes halogenated alkanes) is 1. The van der Waals surface area contributed by atoms with Crippen LogP contribution in [0.3, 0.4) is 0 Å². The van der Waals surface area contributed by atoms with Crippen molar-refractivity contribution in [2.75, 3.05) is 16.4 Å². The molecule has 0 spiro atoms. The molecule has 0 saturated carbocycles. The van der Waals surface area contributed by atoms with Crippen LogP contribution in [0.5, 0.6) is 0 Å². The van der Waals surface area contributed by atoms with Crippen molar-refractivity contribution in [2.24, 2.45) is 0 Å². The Hall–Kier alpha value is -0.750. The van der Waals surface area contributed by atoms with Gasteiger partial charge in [-0.3, -0.25) is 9.82 Å². The summed E-state index contributed by atoms with van der Waals surface area (Å²) >= 11 is 5.46. The largest absolute Gasteiger partial charge is 0.281 e. The molecule has 7 heteroatoms. The van der Waals surface area contributed by atoms with Crippen LogP contribution < -0.4 is 4.72 Å². The van der Waals surface area contributed by atoms with Crippen molar-refractivity contribution in [1.82, 2.24) is 10.2 Å². The minimum Gasteiger partial charge on any atom is -0.281 e. The van der Waals surface area contributed by atoms with Crippen LogP contribution in [0.1, 0.15) is 18.5 Å². The Morgan fingerprint density at radius 2 is 2.27 bits per heavy atom. The number of hydrogen-bond donors (Lipinski definition) is 2. The first-order valence-electron chi connectivity index (χ1n) is 4.62. The Bertz CT molecular complexity index is 402. The molecule has 1 aromatic rings. The van der Waals surface area contributed by atoms with E-state index in [2.05, 4.69) is 14.9 Å². The number of aryl methyl sites for hydroxylation is 1. The fraction of sp³-hybridized carbons (Fsp3) is 0.625. The molecule has 0 aromatic carbocycles. The molecule has 0 unspecified atom stereocenters. The Morgan fingerprint density at radius 3 is 2.80 bits per heavy atom. The summed E-state index contributed by atoms with van der Waals surface area (Å²) in [6.07, 6.45) is 1.25. The van der Waals surface area contributed by atoms with Gasteiger partial charge in [0.15, 0.2) is 5.82 Å². The number of nitrogens with one attached hydrogen (secondary N) is 2. The Balaban J connectivity index is 2.49. The summed E-state index contributed by atoms with van der Waals surface area (Å²) in [6.45, 7) is 1.80. The predicted molar refractivity (Wildman–Crippen MR) is 60.7 cm³/mol. The third kappa shape index (κ3) is 4.53. The normalized spacial score (nSPS) is 11.6. The maximum atomic E-state index is 11.5. The fourth-order valence-corrected chi connectivity index (χ4v) is 2.37. The number of sulfonamides is 1. The van der Waals surface area contributed by atoms with Gasteiger partial charge in [-0.05, 0) is 19.8 Å². The van der Waals surface area contributed by atoms with Crippen LogP contribution in [0.15, 0.2) is 6.07 Å². The number of nitrogens with zero attached hydrogens (tertiary/aromatic N) is 1. The smallest absolute Gasteiger partial charge is 0.233 e. The number of aromatic nitrogens is 2. The topological polar surface area (TPSA) is 74.8 Å². The van der Waals surface area contributed by atoms with E-state index in [4.69, 9.17) is 11.6 Å². The van der Waals surface area contributed by atoms with Crippen LogP contribution in [0, 0.1) is 6.92 Å². The highest BCUT2D eigenvalue weighted by atomic mass is 35.5. The molecule has 0 aliphatic heterocycles. The van der Waals surface area contributed by atoms with Crippen molar-refractivity contribution < 1.29 is 8.42 Å². The second kappa shape index (κ2) is 5.37. The molecule has 0 fully saturated rings. The molecular weight excluding hydrogens is 238 g/mol. The van der Waals surface area contributed by atoms with Crippen molar-refractivity contribution >= 4 is 27.4 Å². The second-order valence-corrected chi connectivity index (χ2v) is 5.47. The van der Waals surface area contributed by atoms with E-state index in [1.807, 2.05) is 0 Å². The third-order valence-corrected chi connectivity index (χ3v) is 3.38. The van der Waals surface area contributed by atoms with Gasteiger partial charge < -0.3 is 0 Å².